The fourth-order valence-corrected chi connectivity index (χ4v) is 3.07. The van der Waals surface area contributed by atoms with Crippen LogP contribution in [0.15, 0.2) is 24.3 Å². The Morgan fingerprint density at radius 2 is 2.04 bits per heavy atom. The molecule has 8 heteroatoms. The predicted molar refractivity (Wildman–Crippen MR) is 86.2 cm³/mol. The first kappa shape index (κ1) is 16.5. The Bertz CT molecular complexity index is 803. The second kappa shape index (κ2) is 6.62. The van der Waals surface area contributed by atoms with E-state index in [9.17, 15) is 19.8 Å². The number of aliphatic hydroxyl groups excluding tert-OH is 1. The summed E-state index contributed by atoms with van der Waals surface area (Å²) in [6.07, 6.45) is 0.0721. The summed E-state index contributed by atoms with van der Waals surface area (Å²) in [4.78, 5) is 25.8. The zero-order valence-corrected chi connectivity index (χ0v) is 13.5. The second-order valence-corrected chi connectivity index (χ2v) is 5.90. The number of carbonyl (C=O) groups excluding carboxylic acids is 1. The lowest BCUT2D eigenvalue weighted by Gasteiger charge is -2.28. The van der Waals surface area contributed by atoms with Crippen LogP contribution in [-0.2, 0) is 19.5 Å². The number of hydrogen-bond acceptors (Lipinski definition) is 4. The van der Waals surface area contributed by atoms with Crippen LogP contribution in [0.25, 0.3) is 0 Å². The van der Waals surface area contributed by atoms with E-state index in [1.54, 1.807) is 11.0 Å². The summed E-state index contributed by atoms with van der Waals surface area (Å²) in [6, 6.07) is 7.27. The fraction of sp³-hybridized carbons (Fsp3) is 0.312. The molecule has 0 saturated carbocycles. The third kappa shape index (κ3) is 2.88. The Balaban J connectivity index is 1.95. The maximum absolute atomic E-state index is 12.8. The molecule has 2 N–H and O–H groups in total. The number of aromatic nitrogens is 2. The van der Waals surface area contributed by atoms with Gasteiger partial charge in [-0.3, -0.25) is 9.48 Å². The number of hydrogen-bond donors (Lipinski definition) is 2. The minimum atomic E-state index is -1.20. The molecule has 0 radical (unpaired) electrons. The molecule has 0 aliphatic carbocycles. The van der Waals surface area contributed by atoms with E-state index in [4.69, 9.17) is 11.6 Å². The number of benzene rings is 1. The lowest BCUT2D eigenvalue weighted by atomic mass is 10.1. The summed E-state index contributed by atoms with van der Waals surface area (Å²) in [5.74, 6) is -1.50. The number of rotatable bonds is 5. The largest absolute Gasteiger partial charge is 0.476 e. The number of carboxylic acids is 1. The standard InChI is InChI=1S/C16H16ClN3O4/c17-12-4-2-1-3-10(12)9-19-6-7-20-14(15(19)22)11(5-8-21)13(18-20)16(23)24/h1-4,21H,5-9H2,(H,23,24). The van der Waals surface area contributed by atoms with E-state index in [1.807, 2.05) is 18.2 Å². The molecule has 2 heterocycles. The molecule has 1 aromatic carbocycles. The predicted octanol–water partition coefficient (Wildman–Crippen LogP) is 1.43. The summed E-state index contributed by atoms with van der Waals surface area (Å²) >= 11 is 6.15. The first-order chi connectivity index (χ1) is 11.5. The van der Waals surface area contributed by atoms with E-state index in [-0.39, 0.29) is 35.9 Å². The Kier molecular flexibility index (Phi) is 4.55. The van der Waals surface area contributed by atoms with Crippen molar-refractivity contribution in [3.63, 3.8) is 0 Å². The van der Waals surface area contributed by atoms with Gasteiger partial charge in [0, 0.05) is 36.7 Å². The van der Waals surface area contributed by atoms with E-state index >= 15 is 0 Å². The molecule has 1 amide bonds. The third-order valence-electron chi connectivity index (χ3n) is 4.01. The van der Waals surface area contributed by atoms with E-state index in [0.29, 0.717) is 24.7 Å². The molecule has 0 saturated heterocycles. The highest BCUT2D eigenvalue weighted by molar-refractivity contribution is 6.31. The number of nitrogens with zero attached hydrogens (tertiary/aromatic N) is 3. The molecule has 0 unspecified atom stereocenters. The van der Waals surface area contributed by atoms with Crippen molar-refractivity contribution >= 4 is 23.5 Å². The van der Waals surface area contributed by atoms with Gasteiger partial charge in [0.05, 0.1) is 6.54 Å². The van der Waals surface area contributed by atoms with Gasteiger partial charge >= 0.3 is 5.97 Å². The molecular formula is C16H16ClN3O4. The molecule has 3 rings (SSSR count). The van der Waals surface area contributed by atoms with Gasteiger partial charge in [0.25, 0.3) is 5.91 Å². The van der Waals surface area contributed by atoms with Crippen molar-refractivity contribution < 1.29 is 19.8 Å². The molecule has 7 nitrogen and oxygen atoms in total. The smallest absolute Gasteiger partial charge is 0.356 e. The fourth-order valence-electron chi connectivity index (χ4n) is 2.87. The molecular weight excluding hydrogens is 334 g/mol. The maximum Gasteiger partial charge on any atom is 0.356 e. The van der Waals surface area contributed by atoms with E-state index in [2.05, 4.69) is 5.10 Å². The topological polar surface area (TPSA) is 95.7 Å². The highest BCUT2D eigenvalue weighted by Crippen LogP contribution is 2.24. The summed E-state index contributed by atoms with van der Waals surface area (Å²) < 4.78 is 1.42. The van der Waals surface area contributed by atoms with Gasteiger partial charge in [0.1, 0.15) is 5.69 Å². The zero-order chi connectivity index (χ0) is 17.3. The quantitative estimate of drug-likeness (QED) is 0.851. The van der Waals surface area contributed by atoms with E-state index in [1.165, 1.54) is 4.68 Å². The molecule has 0 atom stereocenters. The van der Waals surface area contributed by atoms with E-state index < -0.39 is 5.97 Å². The molecule has 0 fully saturated rings. The monoisotopic (exact) mass is 349 g/mol. The number of fused-ring (bicyclic) bond motifs is 1. The average Bonchev–Trinajstić information content (AvgIpc) is 2.92. The normalized spacial score (nSPS) is 13.9. The van der Waals surface area contributed by atoms with Crippen molar-refractivity contribution in [1.29, 1.82) is 0 Å². The molecule has 24 heavy (non-hydrogen) atoms. The van der Waals surface area contributed by atoms with Crippen LogP contribution in [0, 0.1) is 0 Å². The van der Waals surface area contributed by atoms with Crippen LogP contribution < -0.4 is 0 Å². The molecule has 2 aromatic rings. The summed E-state index contributed by atoms with van der Waals surface area (Å²) in [6.45, 7) is 0.898. The van der Waals surface area contributed by atoms with Gasteiger partial charge in [0.15, 0.2) is 5.69 Å². The minimum absolute atomic E-state index is 0.0721. The van der Waals surface area contributed by atoms with Gasteiger partial charge in [-0.1, -0.05) is 29.8 Å². The summed E-state index contributed by atoms with van der Waals surface area (Å²) in [5, 5.41) is 23.0. The van der Waals surface area contributed by atoms with Crippen LogP contribution in [0.2, 0.25) is 5.02 Å². The first-order valence-electron chi connectivity index (χ1n) is 7.49. The second-order valence-electron chi connectivity index (χ2n) is 5.50. The number of aromatic carboxylic acids is 1. The number of amides is 1. The maximum atomic E-state index is 12.8. The summed E-state index contributed by atoms with van der Waals surface area (Å²) in [7, 11) is 0. The molecule has 0 bridgehead atoms. The van der Waals surface area contributed by atoms with E-state index in [0.717, 1.165) is 5.56 Å². The highest BCUT2D eigenvalue weighted by atomic mass is 35.5. The highest BCUT2D eigenvalue weighted by Gasteiger charge is 2.32. The summed E-state index contributed by atoms with van der Waals surface area (Å²) in [5.41, 5.74) is 1.16. The number of aliphatic hydroxyl groups is 1. The molecule has 1 aromatic heterocycles. The molecule has 1 aliphatic heterocycles. The van der Waals surface area contributed by atoms with Gasteiger partial charge in [0.2, 0.25) is 0 Å². The van der Waals surface area contributed by atoms with Crippen LogP contribution >= 0.6 is 11.6 Å². The Morgan fingerprint density at radius 1 is 1.29 bits per heavy atom. The first-order valence-corrected chi connectivity index (χ1v) is 7.87. The Morgan fingerprint density at radius 3 is 2.71 bits per heavy atom. The van der Waals surface area contributed by atoms with Crippen molar-refractivity contribution in [3.8, 4) is 0 Å². The van der Waals surface area contributed by atoms with Gasteiger partial charge in [-0.15, -0.1) is 0 Å². The van der Waals surface area contributed by atoms with Crippen LogP contribution in [0.3, 0.4) is 0 Å². The SMILES string of the molecule is O=C(O)c1nn2c(c1CCO)C(=O)N(Cc1ccccc1Cl)CC2. The van der Waals surface area contributed by atoms with Crippen molar-refractivity contribution in [2.75, 3.05) is 13.2 Å². The van der Waals surface area contributed by atoms with Crippen LogP contribution in [-0.4, -0.2) is 49.9 Å². The Labute approximate surface area is 143 Å². The van der Waals surface area contributed by atoms with Crippen LogP contribution in [0.4, 0.5) is 0 Å². The van der Waals surface area contributed by atoms with Gasteiger partial charge in [-0.2, -0.15) is 5.10 Å². The lowest BCUT2D eigenvalue weighted by Crippen LogP contribution is -2.40. The number of carbonyl (C=O) groups is 2. The number of carboxylic acid groups (broad SMARTS) is 1. The lowest BCUT2D eigenvalue weighted by molar-refractivity contribution is 0.0670. The van der Waals surface area contributed by atoms with Crippen molar-refractivity contribution in [2.24, 2.45) is 0 Å². The third-order valence-corrected chi connectivity index (χ3v) is 4.37. The van der Waals surface area contributed by atoms with Crippen LogP contribution in [0.5, 0.6) is 0 Å². The average molecular weight is 350 g/mol. The van der Waals surface area contributed by atoms with Gasteiger partial charge in [-0.25, -0.2) is 4.79 Å². The van der Waals surface area contributed by atoms with Crippen molar-refractivity contribution in [1.82, 2.24) is 14.7 Å². The number of halogens is 1. The van der Waals surface area contributed by atoms with Crippen LogP contribution in [0.1, 0.15) is 32.1 Å². The molecule has 0 spiro atoms. The Hall–Kier alpha value is -2.38. The van der Waals surface area contributed by atoms with Crippen molar-refractivity contribution in [2.45, 2.75) is 19.5 Å². The zero-order valence-electron chi connectivity index (χ0n) is 12.8. The minimum Gasteiger partial charge on any atom is -0.476 e. The van der Waals surface area contributed by atoms with Gasteiger partial charge < -0.3 is 15.1 Å². The van der Waals surface area contributed by atoms with Crippen molar-refractivity contribution in [3.05, 3.63) is 51.8 Å². The molecule has 1 aliphatic rings. The van der Waals surface area contributed by atoms with Gasteiger partial charge in [-0.05, 0) is 11.6 Å². The molecule has 126 valence electrons.